The van der Waals surface area contributed by atoms with E-state index >= 15 is 0 Å². The third-order valence-corrected chi connectivity index (χ3v) is 4.62. The fourth-order valence-electron chi connectivity index (χ4n) is 2.72. The molecule has 2 aromatic rings. The first-order chi connectivity index (χ1) is 9.22. The van der Waals surface area contributed by atoms with Crippen LogP contribution in [0.2, 0.25) is 0 Å². The number of anilines is 1. The zero-order chi connectivity index (χ0) is 13.2. The second-order valence-electron chi connectivity index (χ2n) is 5.57. The minimum atomic E-state index is 0.727. The molecular formula is C14H19BrN4. The fraction of sp³-hybridized carbons (Fsp3) is 0.571. The molecule has 1 saturated carbocycles. The summed E-state index contributed by atoms with van der Waals surface area (Å²) in [6.07, 6.45) is 7.28. The molecule has 0 amide bonds. The van der Waals surface area contributed by atoms with Crippen LogP contribution in [0.3, 0.4) is 0 Å². The highest BCUT2D eigenvalue weighted by Crippen LogP contribution is 2.28. The number of halogens is 1. The standard InChI is InChI=1S/C14H19BrN4/c1-10-4-6-11(7-5-10)9-16-14-17-13-12(15)3-2-8-19(13)18-14/h2-3,8,10-11H,4-7,9H2,1H3,(H,16,18). The largest absolute Gasteiger partial charge is 0.353 e. The monoisotopic (exact) mass is 322 g/mol. The first-order valence-electron chi connectivity index (χ1n) is 6.97. The molecule has 5 heteroatoms. The number of pyridine rings is 1. The van der Waals surface area contributed by atoms with Crippen molar-refractivity contribution in [1.29, 1.82) is 0 Å². The van der Waals surface area contributed by atoms with Crippen molar-refractivity contribution in [3.8, 4) is 0 Å². The number of hydrogen-bond donors (Lipinski definition) is 1. The number of fused-ring (bicyclic) bond motifs is 1. The fourth-order valence-corrected chi connectivity index (χ4v) is 3.14. The van der Waals surface area contributed by atoms with Crippen LogP contribution in [0.4, 0.5) is 5.95 Å². The molecule has 0 radical (unpaired) electrons. The second kappa shape index (κ2) is 5.49. The van der Waals surface area contributed by atoms with Crippen LogP contribution in [-0.2, 0) is 0 Å². The van der Waals surface area contributed by atoms with E-state index < -0.39 is 0 Å². The van der Waals surface area contributed by atoms with Crippen molar-refractivity contribution >= 4 is 27.5 Å². The Morgan fingerprint density at radius 3 is 2.89 bits per heavy atom. The summed E-state index contributed by atoms with van der Waals surface area (Å²) in [6, 6.07) is 3.94. The molecule has 2 heterocycles. The van der Waals surface area contributed by atoms with E-state index in [0.717, 1.165) is 34.4 Å². The summed E-state index contributed by atoms with van der Waals surface area (Å²) in [5, 5.41) is 7.82. The topological polar surface area (TPSA) is 42.2 Å². The molecule has 1 fully saturated rings. The lowest BCUT2D eigenvalue weighted by Gasteiger charge is -2.25. The predicted molar refractivity (Wildman–Crippen MR) is 80.3 cm³/mol. The molecule has 3 rings (SSSR count). The second-order valence-corrected chi connectivity index (χ2v) is 6.42. The Morgan fingerprint density at radius 2 is 2.16 bits per heavy atom. The van der Waals surface area contributed by atoms with Crippen molar-refractivity contribution in [2.45, 2.75) is 32.6 Å². The number of nitrogens with one attached hydrogen (secondary N) is 1. The molecule has 0 atom stereocenters. The molecule has 0 aliphatic heterocycles. The van der Waals surface area contributed by atoms with Gasteiger partial charge in [0.05, 0.1) is 4.47 Å². The van der Waals surface area contributed by atoms with Crippen LogP contribution in [0.25, 0.3) is 5.65 Å². The van der Waals surface area contributed by atoms with Gasteiger partial charge in [0.2, 0.25) is 5.95 Å². The molecule has 19 heavy (non-hydrogen) atoms. The van der Waals surface area contributed by atoms with Crippen molar-refractivity contribution in [3.05, 3.63) is 22.8 Å². The molecule has 0 spiro atoms. The van der Waals surface area contributed by atoms with E-state index in [9.17, 15) is 0 Å². The minimum Gasteiger partial charge on any atom is -0.353 e. The molecule has 0 bridgehead atoms. The normalized spacial score (nSPS) is 23.7. The van der Waals surface area contributed by atoms with Crippen molar-refractivity contribution < 1.29 is 0 Å². The Labute approximate surface area is 121 Å². The summed E-state index contributed by atoms with van der Waals surface area (Å²) in [4.78, 5) is 4.51. The Hall–Kier alpha value is -1.10. The lowest BCUT2D eigenvalue weighted by Crippen LogP contribution is -2.20. The summed E-state index contributed by atoms with van der Waals surface area (Å²) in [6.45, 7) is 3.34. The van der Waals surface area contributed by atoms with Gasteiger partial charge >= 0.3 is 0 Å². The van der Waals surface area contributed by atoms with E-state index in [2.05, 4.69) is 38.3 Å². The number of rotatable bonds is 3. The highest BCUT2D eigenvalue weighted by molar-refractivity contribution is 9.10. The van der Waals surface area contributed by atoms with E-state index in [-0.39, 0.29) is 0 Å². The first kappa shape index (κ1) is 12.9. The molecule has 2 aromatic heterocycles. The van der Waals surface area contributed by atoms with Crippen LogP contribution in [0.15, 0.2) is 22.8 Å². The van der Waals surface area contributed by atoms with Gasteiger partial charge in [-0.3, -0.25) is 0 Å². The van der Waals surface area contributed by atoms with Crippen LogP contribution in [-0.4, -0.2) is 21.1 Å². The summed E-state index contributed by atoms with van der Waals surface area (Å²) < 4.78 is 2.78. The lowest BCUT2D eigenvalue weighted by atomic mass is 9.83. The van der Waals surface area contributed by atoms with Gasteiger partial charge in [-0.15, -0.1) is 5.10 Å². The van der Waals surface area contributed by atoms with E-state index in [4.69, 9.17) is 0 Å². The maximum absolute atomic E-state index is 4.51. The Kier molecular flexibility index (Phi) is 3.73. The average Bonchev–Trinajstić information content (AvgIpc) is 2.83. The zero-order valence-electron chi connectivity index (χ0n) is 11.1. The lowest BCUT2D eigenvalue weighted by molar-refractivity contribution is 0.300. The molecule has 1 N–H and O–H groups in total. The Balaban J connectivity index is 1.64. The highest BCUT2D eigenvalue weighted by Gasteiger charge is 2.18. The highest BCUT2D eigenvalue weighted by atomic mass is 79.9. The molecule has 0 unspecified atom stereocenters. The molecule has 4 nitrogen and oxygen atoms in total. The van der Waals surface area contributed by atoms with Crippen molar-refractivity contribution in [3.63, 3.8) is 0 Å². The summed E-state index contributed by atoms with van der Waals surface area (Å²) in [7, 11) is 0. The Bertz CT molecular complexity index is 558. The maximum atomic E-state index is 4.51. The predicted octanol–water partition coefficient (Wildman–Crippen LogP) is 3.73. The average molecular weight is 323 g/mol. The van der Waals surface area contributed by atoms with Crippen molar-refractivity contribution in [1.82, 2.24) is 14.6 Å². The van der Waals surface area contributed by atoms with Gasteiger partial charge in [-0.1, -0.05) is 19.8 Å². The van der Waals surface area contributed by atoms with Crippen LogP contribution in [0.1, 0.15) is 32.6 Å². The number of nitrogens with zero attached hydrogens (tertiary/aromatic N) is 3. The summed E-state index contributed by atoms with van der Waals surface area (Å²) >= 11 is 3.49. The van der Waals surface area contributed by atoms with Gasteiger partial charge in [-0.25, -0.2) is 4.52 Å². The molecular weight excluding hydrogens is 304 g/mol. The van der Waals surface area contributed by atoms with Crippen LogP contribution in [0, 0.1) is 11.8 Å². The molecule has 0 saturated heterocycles. The third kappa shape index (κ3) is 2.91. The van der Waals surface area contributed by atoms with Crippen LogP contribution in [0.5, 0.6) is 0 Å². The van der Waals surface area contributed by atoms with Crippen molar-refractivity contribution in [2.75, 3.05) is 11.9 Å². The Morgan fingerprint density at radius 1 is 1.37 bits per heavy atom. The van der Waals surface area contributed by atoms with Gasteiger partial charge in [0.25, 0.3) is 0 Å². The minimum absolute atomic E-state index is 0.727. The number of aromatic nitrogens is 3. The van der Waals surface area contributed by atoms with E-state index in [1.165, 1.54) is 25.7 Å². The van der Waals surface area contributed by atoms with Crippen LogP contribution >= 0.6 is 15.9 Å². The van der Waals surface area contributed by atoms with Gasteiger partial charge in [0.1, 0.15) is 0 Å². The molecule has 1 aliphatic carbocycles. The van der Waals surface area contributed by atoms with Gasteiger partial charge in [0.15, 0.2) is 5.65 Å². The van der Waals surface area contributed by atoms with E-state index in [1.54, 1.807) is 4.52 Å². The SMILES string of the molecule is CC1CCC(CNc2nc3c(Br)cccn3n2)CC1. The van der Waals surface area contributed by atoms with Crippen molar-refractivity contribution in [2.24, 2.45) is 11.8 Å². The smallest absolute Gasteiger partial charge is 0.243 e. The summed E-state index contributed by atoms with van der Waals surface area (Å²) in [5.41, 5.74) is 0.863. The number of hydrogen-bond acceptors (Lipinski definition) is 3. The van der Waals surface area contributed by atoms with E-state index in [0.29, 0.717) is 0 Å². The summed E-state index contributed by atoms with van der Waals surface area (Å²) in [5.74, 6) is 2.40. The first-order valence-corrected chi connectivity index (χ1v) is 7.76. The molecule has 0 aromatic carbocycles. The third-order valence-electron chi connectivity index (χ3n) is 4.00. The maximum Gasteiger partial charge on any atom is 0.243 e. The quantitative estimate of drug-likeness (QED) is 0.936. The van der Waals surface area contributed by atoms with Gasteiger partial charge in [-0.2, -0.15) is 4.98 Å². The molecule has 1 aliphatic rings. The zero-order valence-corrected chi connectivity index (χ0v) is 12.7. The van der Waals surface area contributed by atoms with Gasteiger partial charge in [0, 0.05) is 12.7 Å². The van der Waals surface area contributed by atoms with Gasteiger partial charge in [-0.05, 0) is 52.7 Å². The van der Waals surface area contributed by atoms with E-state index in [1.807, 2.05) is 18.3 Å². The van der Waals surface area contributed by atoms with Gasteiger partial charge < -0.3 is 5.32 Å². The molecule has 102 valence electrons. The van der Waals surface area contributed by atoms with Crippen LogP contribution < -0.4 is 5.32 Å².